The molecule has 1 N–H and O–H groups in total. The van der Waals surface area contributed by atoms with Gasteiger partial charge in [-0.2, -0.15) is 0 Å². The Morgan fingerprint density at radius 3 is 2.50 bits per heavy atom. The maximum atomic E-state index is 12.6. The molecule has 0 spiro atoms. The summed E-state index contributed by atoms with van der Waals surface area (Å²) in [5.74, 6) is 2.16. The maximum absolute atomic E-state index is 12.6. The van der Waals surface area contributed by atoms with E-state index in [1.165, 1.54) is 31.2 Å². The third-order valence-electron chi connectivity index (χ3n) is 6.00. The quantitative estimate of drug-likeness (QED) is 0.838. The van der Waals surface area contributed by atoms with E-state index in [4.69, 9.17) is 9.47 Å². The Bertz CT molecular complexity index is 618. The second-order valence-electron chi connectivity index (χ2n) is 7.94. The third kappa shape index (κ3) is 4.32. The number of fused-ring (bicyclic) bond motifs is 1. The minimum atomic E-state index is 0.186. The molecule has 1 aromatic rings. The van der Waals surface area contributed by atoms with Crippen LogP contribution in [0.4, 0.5) is 0 Å². The molecule has 2 fully saturated rings. The number of amides is 1. The van der Waals surface area contributed by atoms with Crippen LogP contribution in [0.15, 0.2) is 18.2 Å². The van der Waals surface area contributed by atoms with Gasteiger partial charge in [0.2, 0.25) is 12.7 Å². The second-order valence-corrected chi connectivity index (χ2v) is 7.94. The van der Waals surface area contributed by atoms with Gasteiger partial charge in [0.05, 0.1) is 0 Å². The summed E-state index contributed by atoms with van der Waals surface area (Å²) in [6.07, 6.45) is 9.42. The van der Waals surface area contributed by atoms with Crippen LogP contribution in [-0.2, 0) is 11.3 Å². The number of likely N-dealkylation sites (tertiary alicyclic amines) is 1. The lowest BCUT2D eigenvalue weighted by Gasteiger charge is -2.32. The Balaban J connectivity index is 1.24. The van der Waals surface area contributed by atoms with Crippen molar-refractivity contribution in [2.75, 3.05) is 19.9 Å². The molecule has 0 aromatic heterocycles. The van der Waals surface area contributed by atoms with E-state index in [2.05, 4.69) is 22.3 Å². The highest BCUT2D eigenvalue weighted by Crippen LogP contribution is 2.33. The average molecular weight is 358 g/mol. The third-order valence-corrected chi connectivity index (χ3v) is 6.00. The van der Waals surface area contributed by atoms with Crippen molar-refractivity contribution in [2.24, 2.45) is 5.92 Å². The summed E-state index contributed by atoms with van der Waals surface area (Å²) in [7, 11) is 0. The molecule has 5 heteroatoms. The monoisotopic (exact) mass is 358 g/mol. The minimum absolute atomic E-state index is 0.186. The average Bonchev–Trinajstić information content (AvgIpc) is 2.97. The molecule has 26 heavy (non-hydrogen) atoms. The molecule has 2 aliphatic heterocycles. The van der Waals surface area contributed by atoms with E-state index in [9.17, 15) is 4.79 Å². The first-order valence-electron chi connectivity index (χ1n) is 10.2. The zero-order valence-electron chi connectivity index (χ0n) is 15.5. The van der Waals surface area contributed by atoms with E-state index in [0.29, 0.717) is 18.7 Å². The molecule has 142 valence electrons. The summed E-state index contributed by atoms with van der Waals surface area (Å²) in [6.45, 7) is 3.20. The van der Waals surface area contributed by atoms with Gasteiger partial charge in [-0.1, -0.05) is 31.7 Å². The molecule has 4 rings (SSSR count). The van der Waals surface area contributed by atoms with Gasteiger partial charge in [0.15, 0.2) is 11.5 Å². The van der Waals surface area contributed by atoms with Gasteiger partial charge in [-0.3, -0.25) is 9.69 Å². The molecular weight excluding hydrogens is 328 g/mol. The summed E-state index contributed by atoms with van der Waals surface area (Å²) in [4.78, 5) is 15.0. The van der Waals surface area contributed by atoms with Crippen LogP contribution in [0.3, 0.4) is 0 Å². The number of hydrogen-bond acceptors (Lipinski definition) is 4. The summed E-state index contributed by atoms with van der Waals surface area (Å²) in [5, 5.41) is 3.33. The Hall–Kier alpha value is -1.75. The zero-order valence-corrected chi connectivity index (χ0v) is 15.5. The number of rotatable bonds is 4. The van der Waals surface area contributed by atoms with Gasteiger partial charge in [-0.05, 0) is 56.5 Å². The smallest absolute Gasteiger partial charge is 0.231 e. The number of hydrogen-bond donors (Lipinski definition) is 1. The topological polar surface area (TPSA) is 50.8 Å². The molecule has 1 saturated carbocycles. The van der Waals surface area contributed by atoms with Crippen molar-refractivity contribution in [3.8, 4) is 11.5 Å². The predicted octanol–water partition coefficient (Wildman–Crippen LogP) is 3.47. The minimum Gasteiger partial charge on any atom is -0.454 e. The van der Waals surface area contributed by atoms with Gasteiger partial charge in [0.1, 0.15) is 0 Å². The maximum Gasteiger partial charge on any atom is 0.231 e. The van der Waals surface area contributed by atoms with Gasteiger partial charge in [0, 0.05) is 18.5 Å². The first kappa shape index (κ1) is 17.7. The van der Waals surface area contributed by atoms with Crippen LogP contribution in [-0.4, -0.2) is 36.7 Å². The molecular formula is C21H30N2O3. The molecule has 0 radical (unpaired) electrons. The molecule has 2 heterocycles. The molecule has 3 aliphatic rings. The van der Waals surface area contributed by atoms with Crippen molar-refractivity contribution in [3.63, 3.8) is 0 Å². The lowest BCUT2D eigenvalue weighted by Crippen LogP contribution is -2.43. The molecule has 1 saturated heterocycles. The van der Waals surface area contributed by atoms with Gasteiger partial charge in [0.25, 0.3) is 0 Å². The van der Waals surface area contributed by atoms with E-state index in [0.717, 1.165) is 56.8 Å². The fraction of sp³-hybridized carbons (Fsp3) is 0.667. The van der Waals surface area contributed by atoms with Crippen molar-refractivity contribution >= 4 is 5.91 Å². The van der Waals surface area contributed by atoms with E-state index >= 15 is 0 Å². The summed E-state index contributed by atoms with van der Waals surface area (Å²) < 4.78 is 10.8. The molecule has 0 atom stereocenters. The number of nitrogens with zero attached hydrogens (tertiary/aromatic N) is 1. The van der Waals surface area contributed by atoms with Crippen LogP contribution in [0, 0.1) is 5.92 Å². The van der Waals surface area contributed by atoms with Gasteiger partial charge < -0.3 is 14.8 Å². The molecule has 1 aromatic carbocycles. The number of ether oxygens (including phenoxy) is 2. The van der Waals surface area contributed by atoms with Gasteiger partial charge in [-0.15, -0.1) is 0 Å². The van der Waals surface area contributed by atoms with Crippen LogP contribution < -0.4 is 14.8 Å². The number of carbonyl (C=O) groups excluding carboxylic acids is 1. The molecule has 0 unspecified atom stereocenters. The number of nitrogens with one attached hydrogen (secondary N) is 1. The van der Waals surface area contributed by atoms with Crippen LogP contribution in [0.25, 0.3) is 0 Å². The number of carbonyl (C=O) groups is 1. The van der Waals surface area contributed by atoms with Gasteiger partial charge in [-0.25, -0.2) is 0 Å². The second kappa shape index (κ2) is 8.30. The van der Waals surface area contributed by atoms with Gasteiger partial charge >= 0.3 is 0 Å². The van der Waals surface area contributed by atoms with Crippen LogP contribution in [0.2, 0.25) is 0 Å². The molecule has 1 aliphatic carbocycles. The normalized spacial score (nSPS) is 22.2. The van der Waals surface area contributed by atoms with Crippen molar-refractivity contribution in [1.82, 2.24) is 10.2 Å². The standard InChI is InChI=1S/C21H30N2O3/c24-21(22-18-5-3-1-2-4-6-18)17-9-11-23(12-10-17)14-16-7-8-19-20(13-16)26-15-25-19/h7-8,13,17-18H,1-6,9-12,14-15H2,(H,22,24). The van der Waals surface area contributed by atoms with Crippen LogP contribution >= 0.6 is 0 Å². The first-order chi connectivity index (χ1) is 12.8. The number of benzene rings is 1. The molecule has 1 amide bonds. The Labute approximate surface area is 156 Å². The SMILES string of the molecule is O=C(NC1CCCCCC1)C1CCN(Cc2ccc3c(c2)OCO3)CC1. The fourth-order valence-electron chi connectivity index (χ4n) is 4.39. The summed E-state index contributed by atoms with van der Waals surface area (Å²) >= 11 is 0. The molecule has 0 bridgehead atoms. The van der Waals surface area contributed by atoms with Crippen LogP contribution in [0.5, 0.6) is 11.5 Å². The van der Waals surface area contributed by atoms with E-state index in [1.54, 1.807) is 0 Å². The fourth-order valence-corrected chi connectivity index (χ4v) is 4.39. The Morgan fingerprint density at radius 1 is 1.00 bits per heavy atom. The Kier molecular flexibility index (Phi) is 5.63. The predicted molar refractivity (Wildman–Crippen MR) is 100 cm³/mol. The summed E-state index contributed by atoms with van der Waals surface area (Å²) in [5.41, 5.74) is 1.25. The van der Waals surface area contributed by atoms with Crippen molar-refractivity contribution < 1.29 is 14.3 Å². The van der Waals surface area contributed by atoms with E-state index < -0.39 is 0 Å². The summed E-state index contributed by atoms with van der Waals surface area (Å²) in [6, 6.07) is 6.59. The first-order valence-corrected chi connectivity index (χ1v) is 10.2. The van der Waals surface area contributed by atoms with Crippen LogP contribution in [0.1, 0.15) is 56.9 Å². The van der Waals surface area contributed by atoms with E-state index in [1.807, 2.05) is 6.07 Å². The van der Waals surface area contributed by atoms with Crippen molar-refractivity contribution in [1.29, 1.82) is 0 Å². The Morgan fingerprint density at radius 2 is 1.73 bits per heavy atom. The van der Waals surface area contributed by atoms with E-state index in [-0.39, 0.29) is 5.92 Å². The zero-order chi connectivity index (χ0) is 17.8. The molecule has 5 nitrogen and oxygen atoms in total. The lowest BCUT2D eigenvalue weighted by molar-refractivity contribution is -0.127. The lowest BCUT2D eigenvalue weighted by atomic mass is 9.94. The highest BCUT2D eigenvalue weighted by atomic mass is 16.7. The largest absolute Gasteiger partial charge is 0.454 e. The highest BCUT2D eigenvalue weighted by Gasteiger charge is 2.27. The number of piperidine rings is 1. The van der Waals surface area contributed by atoms with Crippen molar-refractivity contribution in [2.45, 2.75) is 64.0 Å². The van der Waals surface area contributed by atoms with Crippen molar-refractivity contribution in [3.05, 3.63) is 23.8 Å². The highest BCUT2D eigenvalue weighted by molar-refractivity contribution is 5.79.